The number of sulfonamides is 1. The molecule has 7 nitrogen and oxygen atoms in total. The number of rotatable bonds is 7. The van der Waals surface area contributed by atoms with E-state index < -0.39 is 10.0 Å². The van der Waals surface area contributed by atoms with E-state index in [-0.39, 0.29) is 24.1 Å². The quantitative estimate of drug-likeness (QED) is 0.760. The Labute approximate surface area is 163 Å². The van der Waals surface area contributed by atoms with E-state index in [1.807, 2.05) is 37.3 Å². The van der Waals surface area contributed by atoms with Crippen LogP contribution in [0.1, 0.15) is 32.6 Å². The Balaban J connectivity index is 1.62. The summed E-state index contributed by atoms with van der Waals surface area (Å²) in [5.41, 5.74) is 0.946. The molecule has 1 aliphatic heterocycles. The average molecular weight is 409 g/mol. The second-order valence-electron chi connectivity index (χ2n) is 6.63. The summed E-state index contributed by atoms with van der Waals surface area (Å²) in [7, 11) is -3.29. The predicted molar refractivity (Wildman–Crippen MR) is 107 cm³/mol. The number of aromatic nitrogens is 2. The van der Waals surface area contributed by atoms with Crippen LogP contribution in [-0.4, -0.2) is 47.7 Å². The first-order chi connectivity index (χ1) is 13.0. The van der Waals surface area contributed by atoms with Crippen molar-refractivity contribution in [3.63, 3.8) is 0 Å². The fraction of sp³-hybridized carbons (Fsp3) is 0.500. The lowest BCUT2D eigenvalue weighted by molar-refractivity contribution is -0.120. The van der Waals surface area contributed by atoms with Crippen LogP contribution in [0.4, 0.5) is 5.13 Å². The summed E-state index contributed by atoms with van der Waals surface area (Å²) >= 11 is 1.31. The number of piperidine rings is 1. The molecule has 1 aromatic carbocycles. The molecular formula is C18H24N4O3S2. The Morgan fingerprint density at radius 3 is 2.81 bits per heavy atom. The van der Waals surface area contributed by atoms with Gasteiger partial charge in [0.2, 0.25) is 21.1 Å². The summed E-state index contributed by atoms with van der Waals surface area (Å²) in [5.74, 6) is -0.408. The van der Waals surface area contributed by atoms with E-state index in [2.05, 4.69) is 15.5 Å². The van der Waals surface area contributed by atoms with Crippen molar-refractivity contribution in [1.29, 1.82) is 0 Å². The molecule has 9 heteroatoms. The lowest BCUT2D eigenvalue weighted by Crippen LogP contribution is -2.44. The molecule has 146 valence electrons. The summed E-state index contributed by atoms with van der Waals surface area (Å²) in [6.07, 6.45) is 2.84. The summed E-state index contributed by atoms with van der Waals surface area (Å²) in [6.45, 7) is 2.70. The predicted octanol–water partition coefficient (Wildman–Crippen LogP) is 2.99. The second kappa shape index (κ2) is 8.90. The molecular weight excluding hydrogens is 384 g/mol. The van der Waals surface area contributed by atoms with Crippen LogP contribution in [0, 0.1) is 5.92 Å². The molecule has 0 bridgehead atoms. The lowest BCUT2D eigenvalue weighted by atomic mass is 9.99. The maximum absolute atomic E-state index is 12.6. The summed E-state index contributed by atoms with van der Waals surface area (Å²) < 4.78 is 26.3. The van der Waals surface area contributed by atoms with Crippen LogP contribution in [0.2, 0.25) is 0 Å². The zero-order chi connectivity index (χ0) is 19.3. The van der Waals surface area contributed by atoms with Gasteiger partial charge in [0, 0.05) is 18.7 Å². The number of nitrogens with one attached hydrogen (secondary N) is 1. The molecule has 1 atom stereocenters. The van der Waals surface area contributed by atoms with Crippen LogP contribution < -0.4 is 5.32 Å². The van der Waals surface area contributed by atoms with Gasteiger partial charge in [-0.3, -0.25) is 4.79 Å². The van der Waals surface area contributed by atoms with Crippen LogP contribution in [0.15, 0.2) is 30.3 Å². The van der Waals surface area contributed by atoms with Crippen molar-refractivity contribution in [3.8, 4) is 10.6 Å². The first-order valence-electron chi connectivity index (χ1n) is 9.17. The summed E-state index contributed by atoms with van der Waals surface area (Å²) in [4.78, 5) is 12.6. The third-order valence-corrected chi connectivity index (χ3v) is 7.39. The molecule has 0 unspecified atom stereocenters. The largest absolute Gasteiger partial charge is 0.300 e. The number of hydrogen-bond acceptors (Lipinski definition) is 6. The molecule has 2 aromatic rings. The topological polar surface area (TPSA) is 92.3 Å². The number of anilines is 1. The van der Waals surface area contributed by atoms with E-state index in [9.17, 15) is 13.2 Å². The van der Waals surface area contributed by atoms with Crippen molar-refractivity contribution in [2.45, 2.75) is 32.6 Å². The molecule has 1 N–H and O–H groups in total. The molecule has 1 aliphatic rings. The number of hydrogen-bond donors (Lipinski definition) is 1. The molecule has 1 amide bonds. The van der Waals surface area contributed by atoms with Gasteiger partial charge in [-0.05, 0) is 19.3 Å². The Morgan fingerprint density at radius 2 is 2.07 bits per heavy atom. The van der Waals surface area contributed by atoms with Gasteiger partial charge in [-0.25, -0.2) is 12.7 Å². The van der Waals surface area contributed by atoms with Crippen LogP contribution >= 0.6 is 11.3 Å². The van der Waals surface area contributed by atoms with Crippen molar-refractivity contribution in [2.75, 3.05) is 24.2 Å². The number of carbonyl (C=O) groups excluding carboxylic acids is 1. The molecule has 2 heterocycles. The maximum atomic E-state index is 12.6. The number of benzene rings is 1. The van der Waals surface area contributed by atoms with Gasteiger partial charge in [0.1, 0.15) is 5.01 Å². The fourth-order valence-corrected chi connectivity index (χ4v) is 5.52. The monoisotopic (exact) mass is 408 g/mol. The molecule has 0 spiro atoms. The maximum Gasteiger partial charge on any atom is 0.230 e. The van der Waals surface area contributed by atoms with E-state index in [0.29, 0.717) is 30.9 Å². The van der Waals surface area contributed by atoms with E-state index >= 15 is 0 Å². The molecule has 0 radical (unpaired) electrons. The van der Waals surface area contributed by atoms with Crippen LogP contribution in [0.25, 0.3) is 10.6 Å². The molecule has 3 rings (SSSR count). The van der Waals surface area contributed by atoms with Crippen molar-refractivity contribution < 1.29 is 13.2 Å². The van der Waals surface area contributed by atoms with Gasteiger partial charge in [-0.15, -0.1) is 10.2 Å². The minimum atomic E-state index is -3.29. The highest BCUT2D eigenvalue weighted by molar-refractivity contribution is 7.89. The van der Waals surface area contributed by atoms with Crippen LogP contribution in [-0.2, 0) is 14.8 Å². The molecule has 1 fully saturated rings. The zero-order valence-corrected chi connectivity index (χ0v) is 16.9. The van der Waals surface area contributed by atoms with Crippen molar-refractivity contribution in [1.82, 2.24) is 14.5 Å². The van der Waals surface area contributed by atoms with Crippen molar-refractivity contribution in [3.05, 3.63) is 30.3 Å². The molecule has 1 saturated heterocycles. The SMILES string of the molecule is CCCCS(=O)(=O)N1CCC[C@@H](C(=O)Nc2nnc(-c3ccccc3)s2)C1. The minimum Gasteiger partial charge on any atom is -0.300 e. The highest BCUT2D eigenvalue weighted by Crippen LogP contribution is 2.27. The first kappa shape index (κ1) is 19.9. The van der Waals surface area contributed by atoms with Crippen molar-refractivity contribution >= 4 is 32.4 Å². The number of amides is 1. The van der Waals surface area contributed by atoms with E-state index in [4.69, 9.17) is 0 Å². The standard InChI is InChI=1S/C18H24N4O3S2/c1-2-3-12-27(24,25)22-11-7-10-15(13-22)16(23)19-18-21-20-17(26-18)14-8-5-4-6-9-14/h4-6,8-9,15H,2-3,7,10-13H2,1H3,(H,19,21,23)/t15-/m1/s1. The summed E-state index contributed by atoms with van der Waals surface area (Å²) in [5, 5.41) is 12.1. The second-order valence-corrected chi connectivity index (χ2v) is 9.70. The lowest BCUT2D eigenvalue weighted by Gasteiger charge is -2.31. The fourth-order valence-electron chi connectivity index (χ4n) is 3.04. The zero-order valence-electron chi connectivity index (χ0n) is 15.3. The van der Waals surface area contributed by atoms with Crippen LogP contribution in [0.5, 0.6) is 0 Å². The third-order valence-electron chi connectivity index (χ3n) is 4.58. The first-order valence-corrected chi connectivity index (χ1v) is 11.6. The Hall–Kier alpha value is -1.84. The highest BCUT2D eigenvalue weighted by Gasteiger charge is 2.32. The Kier molecular flexibility index (Phi) is 6.56. The van der Waals surface area contributed by atoms with E-state index in [1.54, 1.807) is 0 Å². The van der Waals surface area contributed by atoms with E-state index in [0.717, 1.165) is 17.0 Å². The normalized spacial score (nSPS) is 18.3. The Bertz CT molecular complexity index is 868. The number of nitrogens with zero attached hydrogens (tertiary/aromatic N) is 3. The molecule has 0 saturated carbocycles. The number of unbranched alkanes of at least 4 members (excludes halogenated alkanes) is 1. The van der Waals surface area contributed by atoms with Gasteiger partial charge in [0.05, 0.1) is 11.7 Å². The Morgan fingerprint density at radius 1 is 1.30 bits per heavy atom. The smallest absolute Gasteiger partial charge is 0.230 e. The van der Waals surface area contributed by atoms with Gasteiger partial charge in [-0.1, -0.05) is 55.0 Å². The highest BCUT2D eigenvalue weighted by atomic mass is 32.2. The van der Waals surface area contributed by atoms with Crippen LogP contribution in [0.3, 0.4) is 0 Å². The third kappa shape index (κ3) is 5.12. The van der Waals surface area contributed by atoms with Gasteiger partial charge in [0.25, 0.3) is 0 Å². The number of carbonyl (C=O) groups is 1. The van der Waals surface area contributed by atoms with Gasteiger partial charge >= 0.3 is 0 Å². The molecule has 0 aliphatic carbocycles. The molecule has 1 aromatic heterocycles. The minimum absolute atomic E-state index is 0.147. The van der Waals surface area contributed by atoms with Crippen molar-refractivity contribution in [2.24, 2.45) is 5.92 Å². The van der Waals surface area contributed by atoms with Gasteiger partial charge in [-0.2, -0.15) is 0 Å². The molecule has 27 heavy (non-hydrogen) atoms. The van der Waals surface area contributed by atoms with E-state index in [1.165, 1.54) is 15.6 Å². The average Bonchev–Trinajstić information content (AvgIpc) is 3.16. The van der Waals surface area contributed by atoms with Gasteiger partial charge in [0.15, 0.2) is 0 Å². The van der Waals surface area contributed by atoms with Gasteiger partial charge < -0.3 is 5.32 Å². The summed E-state index contributed by atoms with van der Waals surface area (Å²) in [6, 6.07) is 9.64.